The predicted octanol–water partition coefficient (Wildman–Crippen LogP) is 5.16. The van der Waals surface area contributed by atoms with Crippen LogP contribution in [0.15, 0.2) is 60.8 Å². The molecule has 0 bridgehead atoms. The number of aromatic amines is 1. The number of carbonyl (C=O) groups is 1. The topological polar surface area (TPSA) is 53.9 Å². The quantitative estimate of drug-likeness (QED) is 0.436. The Morgan fingerprint density at radius 1 is 1.21 bits per heavy atom. The molecule has 6 heteroatoms. The maximum atomic E-state index is 13.4. The van der Waals surface area contributed by atoms with Crippen molar-refractivity contribution in [3.8, 4) is 18.0 Å². The summed E-state index contributed by atoms with van der Waals surface area (Å²) < 4.78 is 15.1. The molecule has 1 unspecified atom stereocenters. The number of nitrogens with zero attached hydrogens (tertiary/aromatic N) is 3. The molecule has 166 valence electrons. The molecule has 3 heterocycles. The van der Waals surface area contributed by atoms with Gasteiger partial charge in [-0.25, -0.2) is 9.07 Å². The van der Waals surface area contributed by atoms with Crippen molar-refractivity contribution in [3.63, 3.8) is 0 Å². The van der Waals surface area contributed by atoms with Gasteiger partial charge in [-0.3, -0.25) is 4.79 Å². The fraction of sp³-hybridized carbons (Fsp3) is 0.259. The first-order valence-electron chi connectivity index (χ1n) is 11.3. The maximum absolute atomic E-state index is 13.4. The minimum Gasteiger partial charge on any atom is -0.356 e. The molecule has 1 aliphatic rings. The van der Waals surface area contributed by atoms with Crippen LogP contribution >= 0.6 is 0 Å². The largest absolute Gasteiger partial charge is 0.356 e. The maximum Gasteiger partial charge on any atom is 0.299 e. The summed E-state index contributed by atoms with van der Waals surface area (Å²) in [6.07, 6.45) is 11.1. The van der Waals surface area contributed by atoms with Crippen LogP contribution in [0, 0.1) is 18.2 Å². The highest BCUT2D eigenvalue weighted by Gasteiger charge is 2.40. The van der Waals surface area contributed by atoms with Gasteiger partial charge in [-0.05, 0) is 60.7 Å². The number of terminal acetylenes is 1. The fourth-order valence-corrected chi connectivity index (χ4v) is 4.91. The third kappa shape index (κ3) is 3.70. The second-order valence-electron chi connectivity index (χ2n) is 8.48. The molecule has 33 heavy (non-hydrogen) atoms. The van der Waals surface area contributed by atoms with E-state index in [1.807, 2.05) is 29.3 Å². The van der Waals surface area contributed by atoms with Crippen LogP contribution in [0.5, 0.6) is 0 Å². The molecule has 0 saturated carbocycles. The lowest BCUT2D eigenvalue weighted by Gasteiger charge is -2.40. The summed E-state index contributed by atoms with van der Waals surface area (Å²) >= 11 is 0. The molecule has 2 atom stereocenters. The van der Waals surface area contributed by atoms with Gasteiger partial charge >= 0.3 is 0 Å². The van der Waals surface area contributed by atoms with Crippen molar-refractivity contribution in [3.05, 3.63) is 83.6 Å². The van der Waals surface area contributed by atoms with Gasteiger partial charge in [0, 0.05) is 28.8 Å². The van der Waals surface area contributed by atoms with E-state index in [2.05, 4.69) is 30.0 Å². The molecule has 5 nitrogen and oxygen atoms in total. The van der Waals surface area contributed by atoms with Crippen molar-refractivity contribution in [1.29, 1.82) is 0 Å². The van der Waals surface area contributed by atoms with Gasteiger partial charge in [-0.2, -0.15) is 5.10 Å². The van der Waals surface area contributed by atoms with Crippen LogP contribution in [0.2, 0.25) is 0 Å². The minimum absolute atomic E-state index is 0.0128. The van der Waals surface area contributed by atoms with E-state index >= 15 is 0 Å². The molecule has 1 amide bonds. The van der Waals surface area contributed by atoms with E-state index in [-0.39, 0.29) is 17.8 Å². The Bertz CT molecular complexity index is 1340. The number of amides is 1. The van der Waals surface area contributed by atoms with Crippen molar-refractivity contribution < 1.29 is 9.18 Å². The first kappa shape index (κ1) is 21.0. The number of hydrogen-bond donors (Lipinski definition) is 1. The van der Waals surface area contributed by atoms with E-state index in [0.29, 0.717) is 0 Å². The second-order valence-corrected chi connectivity index (χ2v) is 8.48. The van der Waals surface area contributed by atoms with Gasteiger partial charge in [0.2, 0.25) is 0 Å². The van der Waals surface area contributed by atoms with Crippen molar-refractivity contribution in [1.82, 2.24) is 19.7 Å². The highest BCUT2D eigenvalue weighted by Crippen LogP contribution is 2.41. The minimum atomic E-state index is -0.423. The summed E-state index contributed by atoms with van der Waals surface area (Å²) in [7, 11) is 0. The lowest BCUT2D eigenvalue weighted by Crippen LogP contribution is -2.47. The highest BCUT2D eigenvalue weighted by molar-refractivity contribution is 5.94. The van der Waals surface area contributed by atoms with Crippen LogP contribution < -0.4 is 0 Å². The smallest absolute Gasteiger partial charge is 0.299 e. The number of unbranched alkanes of at least 4 members (excludes halogenated alkanes) is 1. The first-order valence-corrected chi connectivity index (χ1v) is 11.3. The molecular weight excluding hydrogens is 415 g/mol. The van der Waals surface area contributed by atoms with Crippen molar-refractivity contribution in [2.75, 3.05) is 0 Å². The van der Waals surface area contributed by atoms with E-state index < -0.39 is 6.04 Å². The number of para-hydroxylation sites is 1. The number of fused-ring (bicyclic) bond motifs is 3. The van der Waals surface area contributed by atoms with Gasteiger partial charge in [0.1, 0.15) is 11.9 Å². The lowest BCUT2D eigenvalue weighted by molar-refractivity contribution is -0.130. The third-order valence-electron chi connectivity index (χ3n) is 6.46. The zero-order valence-electron chi connectivity index (χ0n) is 18.5. The molecule has 1 aliphatic heterocycles. The summed E-state index contributed by atoms with van der Waals surface area (Å²) in [6, 6.07) is 15.8. The second kappa shape index (κ2) is 8.59. The van der Waals surface area contributed by atoms with Gasteiger partial charge in [0.15, 0.2) is 0 Å². The van der Waals surface area contributed by atoms with Crippen molar-refractivity contribution >= 4 is 16.8 Å². The highest BCUT2D eigenvalue weighted by atomic mass is 19.1. The number of benzene rings is 2. The average Bonchev–Trinajstić information content (AvgIpc) is 3.47. The van der Waals surface area contributed by atoms with Crippen molar-refractivity contribution in [2.24, 2.45) is 0 Å². The van der Waals surface area contributed by atoms with Crippen LogP contribution in [0.3, 0.4) is 0 Å². The van der Waals surface area contributed by atoms with E-state index in [4.69, 9.17) is 11.5 Å². The number of aromatic nitrogens is 3. The Labute approximate surface area is 192 Å². The summed E-state index contributed by atoms with van der Waals surface area (Å²) in [4.78, 5) is 18.4. The number of halogens is 1. The molecule has 0 radical (unpaired) electrons. The summed E-state index contributed by atoms with van der Waals surface area (Å²) in [5.74, 6) is 1.71. The van der Waals surface area contributed by atoms with E-state index in [0.717, 1.165) is 48.3 Å². The Kier molecular flexibility index (Phi) is 5.47. The third-order valence-corrected chi connectivity index (χ3v) is 6.46. The number of hydrogen-bond acceptors (Lipinski definition) is 2. The Hall–Kier alpha value is -3.85. The Morgan fingerprint density at radius 2 is 2.00 bits per heavy atom. The van der Waals surface area contributed by atoms with Gasteiger partial charge in [-0.1, -0.05) is 38.0 Å². The summed E-state index contributed by atoms with van der Waals surface area (Å²) in [6.45, 7) is 2.15. The SMILES string of the molecule is C#CC(=O)N1C(c2ccn(-c3ccc(F)cc3)n2)c2[nH]c3ccccc3c2C[C@@H]1CCCC. The van der Waals surface area contributed by atoms with Crippen LogP contribution in [0.25, 0.3) is 16.6 Å². The summed E-state index contributed by atoms with van der Waals surface area (Å²) in [5.41, 5.74) is 4.67. The molecule has 0 aliphatic carbocycles. The average molecular weight is 441 g/mol. The van der Waals surface area contributed by atoms with E-state index in [1.54, 1.807) is 16.8 Å². The van der Waals surface area contributed by atoms with E-state index in [1.165, 1.54) is 23.1 Å². The van der Waals surface area contributed by atoms with Gasteiger partial charge in [0.25, 0.3) is 5.91 Å². The summed E-state index contributed by atoms with van der Waals surface area (Å²) in [5, 5.41) is 5.97. The number of carbonyl (C=O) groups excluding carboxylic acids is 1. The standard InChI is InChI=1S/C27H25FN4O/c1-3-5-8-20-17-22-21-9-6-7-10-23(21)29-26(22)27(32(20)25(33)4-2)24-15-16-31(30-24)19-13-11-18(28)12-14-19/h2,6-7,9-16,20,27,29H,3,5,8,17H2,1H3/t20-,27?/m0/s1. The Morgan fingerprint density at radius 3 is 2.76 bits per heavy atom. The molecular formula is C27H25FN4O. The molecule has 2 aromatic heterocycles. The zero-order valence-corrected chi connectivity index (χ0v) is 18.5. The monoisotopic (exact) mass is 440 g/mol. The van der Waals surface area contributed by atoms with Gasteiger partial charge in [-0.15, -0.1) is 6.42 Å². The van der Waals surface area contributed by atoms with Gasteiger partial charge in [0.05, 0.1) is 11.4 Å². The van der Waals surface area contributed by atoms with Crippen LogP contribution in [-0.4, -0.2) is 31.6 Å². The van der Waals surface area contributed by atoms with Crippen molar-refractivity contribution in [2.45, 2.75) is 44.7 Å². The number of rotatable bonds is 5. The molecule has 2 aromatic carbocycles. The molecule has 0 spiro atoms. The van der Waals surface area contributed by atoms with Crippen LogP contribution in [0.4, 0.5) is 4.39 Å². The molecule has 0 fully saturated rings. The number of H-pyrrole nitrogens is 1. The van der Waals surface area contributed by atoms with Crippen LogP contribution in [-0.2, 0) is 11.2 Å². The predicted molar refractivity (Wildman–Crippen MR) is 126 cm³/mol. The number of nitrogens with one attached hydrogen (secondary N) is 1. The molecule has 4 aromatic rings. The molecule has 5 rings (SSSR count). The van der Waals surface area contributed by atoms with Gasteiger partial charge < -0.3 is 9.88 Å². The van der Waals surface area contributed by atoms with E-state index in [9.17, 15) is 9.18 Å². The first-order chi connectivity index (χ1) is 16.1. The normalized spacial score (nSPS) is 17.7. The fourth-order valence-electron chi connectivity index (χ4n) is 4.91. The molecule has 0 saturated heterocycles. The van der Waals surface area contributed by atoms with Crippen LogP contribution in [0.1, 0.15) is 49.2 Å². The molecule has 1 N–H and O–H groups in total. The zero-order chi connectivity index (χ0) is 22.9. The Balaban J connectivity index is 1.66. The lowest BCUT2D eigenvalue weighted by atomic mass is 9.87.